The van der Waals surface area contributed by atoms with Crippen molar-refractivity contribution in [2.24, 2.45) is 41.4 Å². The first kappa shape index (κ1) is 85.6. The number of morpholine rings is 1. The predicted molar refractivity (Wildman–Crippen MR) is 374 cm³/mol. The highest BCUT2D eigenvalue weighted by atomic mass is 19.4. The number of fused-ring (bicyclic) bond motifs is 3. The summed E-state index contributed by atoms with van der Waals surface area (Å²) >= 11 is 0. The molecule has 107 heavy (non-hydrogen) atoms. The highest BCUT2D eigenvalue weighted by Crippen LogP contribution is 2.45. The molecule has 4 aliphatic heterocycles. The number of rotatable bonds is 11. The van der Waals surface area contributed by atoms with Crippen molar-refractivity contribution in [3.63, 3.8) is 0 Å². The molecule has 0 aromatic heterocycles. The number of likely N-dealkylation sites (N-methyl/N-ethyl adjacent to an activating group) is 5. The number of nitrogens with one attached hydrogen (secondary N) is 4. The lowest BCUT2D eigenvalue weighted by Crippen LogP contribution is -2.65. The number of halogens is 8. The SMILES string of the molecule is CC[C@H](C)[C@@H]1NC(=O)[C@H](CC(C)C)N(C)C(=O)C[C@@H](C(=O)N2CCOCC2)N(C)C(=O)[C@H](C2CCCC2)NC(=O)C2(CCCC2)NC(=O)[C@@H]2CCCN2C(=O)[C@H](CCC2CC(F)C(C(F)(F)F)C(F)C2)NC(=O)CN(C)C(=O)[C@H](CC2CCC(C(F)(F)F)CC2)N2CCCC[C@@H](C2=O)N(C)C(=O)CN(C)C1=O. The highest BCUT2D eigenvalue weighted by molar-refractivity contribution is 6.01. The molecular weight excluding hydrogens is 1420 g/mol. The molecule has 4 saturated carbocycles. The van der Waals surface area contributed by atoms with Crippen molar-refractivity contribution in [1.82, 2.24) is 60.5 Å². The summed E-state index contributed by atoms with van der Waals surface area (Å²) < 4.78 is 120. The first-order valence-electron chi connectivity index (χ1n) is 38.8. The lowest BCUT2D eigenvalue weighted by molar-refractivity contribution is -0.219. The number of hydrogen-bond acceptors (Lipinski definition) is 13. The molecule has 33 heteroatoms. The fourth-order valence-corrected chi connectivity index (χ4v) is 17.5. The summed E-state index contributed by atoms with van der Waals surface area (Å²) in [5, 5.41) is 11.4. The molecule has 604 valence electrons. The van der Waals surface area contributed by atoms with Crippen LogP contribution < -0.4 is 21.3 Å². The Bertz CT molecular complexity index is 3150. The van der Waals surface area contributed by atoms with Gasteiger partial charge in [-0.3, -0.25) is 57.5 Å². The van der Waals surface area contributed by atoms with Gasteiger partial charge in [0.15, 0.2) is 0 Å². The molecule has 8 aliphatic rings. The molecule has 4 saturated heterocycles. The Kier molecular flexibility index (Phi) is 29.7. The topological polar surface area (TPSA) is 288 Å². The maximum absolute atomic E-state index is 15.5. The van der Waals surface area contributed by atoms with Crippen LogP contribution in [-0.2, 0) is 62.3 Å². The standard InChI is InChI=1S/C74H114F8N12O13/c1-10-44(4)61-69(104)88(6)42-59(97)89(7)53-20-13-16-30-94(68(53)103)56(39-45-22-25-48(26-23-45)73(77,78)79)66(101)87(5)41-57(95)83-51(27-24-46-37-49(75)60(50(76)38-46)74(80,81)82)65(100)93-31-17-21-52(93)64(99)86-72(28-14-15-29-72)71(106)85-62(47-18-11-12-19-47)70(105)91(9)55(67(102)92-32-34-107-35-33-92)40-58(96)90(8)54(36-43(2)3)63(98)84-61/h43-56,60-62H,10-42H2,1-9H3,(H,83,95)(H,84,98)(H,85,106)(H,86,99)/t44-,45?,46?,48?,49?,50?,51-,52-,53-,54-,55-,56-,60?,61-,62-/m0/s1. The van der Waals surface area contributed by atoms with E-state index >= 15 is 42.3 Å². The zero-order valence-electron chi connectivity index (χ0n) is 63.6. The van der Waals surface area contributed by atoms with Crippen LogP contribution in [0.25, 0.3) is 0 Å². The second-order valence-electron chi connectivity index (χ2n) is 32.2. The van der Waals surface area contributed by atoms with Gasteiger partial charge in [0.1, 0.15) is 72.1 Å². The van der Waals surface area contributed by atoms with Crippen LogP contribution in [0.4, 0.5) is 35.1 Å². The highest BCUT2D eigenvalue weighted by Gasteiger charge is 2.55. The fourth-order valence-electron chi connectivity index (χ4n) is 17.5. The van der Waals surface area contributed by atoms with E-state index in [4.69, 9.17) is 4.74 Å². The molecule has 8 rings (SSSR count). The van der Waals surface area contributed by atoms with Crippen LogP contribution in [0.2, 0.25) is 0 Å². The van der Waals surface area contributed by atoms with Gasteiger partial charge >= 0.3 is 12.4 Å². The molecule has 2 bridgehead atoms. The molecule has 4 heterocycles. The number of nitrogens with zero attached hydrogens (tertiary/aromatic N) is 8. The van der Waals surface area contributed by atoms with Crippen molar-refractivity contribution in [3.8, 4) is 0 Å². The van der Waals surface area contributed by atoms with Crippen LogP contribution in [0.15, 0.2) is 0 Å². The molecule has 12 amide bonds. The van der Waals surface area contributed by atoms with Crippen molar-refractivity contribution in [1.29, 1.82) is 0 Å². The zero-order chi connectivity index (χ0) is 78.7. The Hall–Kier alpha value is -6.96. The maximum Gasteiger partial charge on any atom is 0.397 e. The van der Waals surface area contributed by atoms with Crippen molar-refractivity contribution in [2.75, 3.05) is 87.7 Å². The monoisotopic (exact) mass is 1530 g/mol. The van der Waals surface area contributed by atoms with Gasteiger partial charge in [0, 0.05) is 61.4 Å². The second kappa shape index (κ2) is 37.2. The Morgan fingerprint density at radius 3 is 1.77 bits per heavy atom. The van der Waals surface area contributed by atoms with Crippen LogP contribution in [0, 0.1) is 41.4 Å². The summed E-state index contributed by atoms with van der Waals surface area (Å²) in [5.41, 5.74) is -1.68. The summed E-state index contributed by atoms with van der Waals surface area (Å²) in [6, 6.07) is -11.0. The predicted octanol–water partition coefficient (Wildman–Crippen LogP) is 5.99. The molecule has 25 nitrogen and oxygen atoms in total. The van der Waals surface area contributed by atoms with Gasteiger partial charge in [-0.15, -0.1) is 0 Å². The van der Waals surface area contributed by atoms with E-state index in [1.54, 1.807) is 13.8 Å². The average Bonchev–Trinajstić information content (AvgIpc) is 1.75. The van der Waals surface area contributed by atoms with E-state index in [-0.39, 0.29) is 129 Å². The molecule has 0 aromatic carbocycles. The number of carbonyl (C=O) groups excluding carboxylic acids is 12. The van der Waals surface area contributed by atoms with Crippen LogP contribution in [-0.4, -0.2) is 276 Å². The van der Waals surface area contributed by atoms with Crippen molar-refractivity contribution in [2.45, 2.75) is 267 Å². The van der Waals surface area contributed by atoms with Gasteiger partial charge in [0.25, 0.3) is 0 Å². The normalized spacial score (nSPS) is 32.1. The Balaban J connectivity index is 1.18. The summed E-state index contributed by atoms with van der Waals surface area (Å²) in [6.45, 7) is 6.05. The lowest BCUT2D eigenvalue weighted by atomic mass is 9.76. The van der Waals surface area contributed by atoms with Gasteiger partial charge in [-0.1, -0.05) is 59.8 Å². The van der Waals surface area contributed by atoms with Gasteiger partial charge in [0.05, 0.1) is 38.6 Å². The number of alkyl halides is 8. The molecule has 4 N–H and O–H groups in total. The Labute approximate surface area is 622 Å². The molecule has 1 spiro atoms. The smallest absolute Gasteiger partial charge is 0.378 e. The first-order chi connectivity index (χ1) is 50.4. The largest absolute Gasteiger partial charge is 0.397 e. The molecule has 0 radical (unpaired) electrons. The number of amides is 12. The van der Waals surface area contributed by atoms with E-state index in [0.29, 0.717) is 51.4 Å². The fraction of sp³-hybridized carbons (Fsp3) is 0.838. The quantitative estimate of drug-likeness (QED) is 0.173. The van der Waals surface area contributed by atoms with Gasteiger partial charge in [-0.25, -0.2) is 8.78 Å². The molecule has 8 fully saturated rings. The van der Waals surface area contributed by atoms with Crippen LogP contribution in [0.1, 0.15) is 188 Å². The van der Waals surface area contributed by atoms with Crippen molar-refractivity contribution >= 4 is 70.9 Å². The molecule has 2 unspecified atom stereocenters. The number of ether oxygens (including phenoxy) is 1. The van der Waals surface area contributed by atoms with Crippen LogP contribution in [0.5, 0.6) is 0 Å². The Morgan fingerprint density at radius 2 is 1.17 bits per heavy atom. The third-order valence-electron chi connectivity index (χ3n) is 24.3. The van der Waals surface area contributed by atoms with Crippen LogP contribution >= 0.6 is 0 Å². The zero-order valence-corrected chi connectivity index (χ0v) is 63.6. The van der Waals surface area contributed by atoms with Gasteiger partial charge in [0.2, 0.25) is 70.9 Å². The lowest BCUT2D eigenvalue weighted by Gasteiger charge is -2.39. The van der Waals surface area contributed by atoms with E-state index in [1.807, 2.05) is 13.8 Å². The maximum atomic E-state index is 15.5. The molecule has 0 aromatic rings. The number of hydrogen-bond donors (Lipinski definition) is 4. The van der Waals surface area contributed by atoms with E-state index in [1.165, 1.54) is 54.8 Å². The summed E-state index contributed by atoms with van der Waals surface area (Å²) in [4.78, 5) is 190. The van der Waals surface area contributed by atoms with Crippen LogP contribution in [0.3, 0.4) is 0 Å². The van der Waals surface area contributed by atoms with Gasteiger partial charge < -0.3 is 65.2 Å². The summed E-state index contributed by atoms with van der Waals surface area (Å²) in [6.07, 6.45) is -13.8. The third kappa shape index (κ3) is 21.1. The van der Waals surface area contributed by atoms with E-state index in [0.717, 1.165) is 19.6 Å². The van der Waals surface area contributed by atoms with E-state index in [2.05, 4.69) is 21.3 Å². The van der Waals surface area contributed by atoms with Crippen molar-refractivity contribution in [3.05, 3.63) is 0 Å². The van der Waals surface area contributed by atoms with Gasteiger partial charge in [-0.05, 0) is 152 Å². The summed E-state index contributed by atoms with van der Waals surface area (Å²) in [5.74, 6) is -16.6. The van der Waals surface area contributed by atoms with Crippen molar-refractivity contribution < 1.29 is 97.4 Å². The third-order valence-corrected chi connectivity index (χ3v) is 24.3. The minimum Gasteiger partial charge on any atom is -0.378 e. The van der Waals surface area contributed by atoms with E-state index in [9.17, 15) is 50.3 Å². The first-order valence-corrected chi connectivity index (χ1v) is 38.8. The van der Waals surface area contributed by atoms with E-state index < -0.39 is 224 Å². The minimum atomic E-state index is -5.20. The molecule has 11 atom stereocenters. The Morgan fingerprint density at radius 1 is 0.570 bits per heavy atom. The molecular formula is C74H114F8N12O13. The number of carbonyl (C=O) groups is 12. The molecule has 4 aliphatic carbocycles. The average molecular weight is 1530 g/mol. The second-order valence-corrected chi connectivity index (χ2v) is 32.2. The van der Waals surface area contributed by atoms with Gasteiger partial charge in [-0.2, -0.15) is 26.3 Å². The minimum absolute atomic E-state index is 0.0172. The summed E-state index contributed by atoms with van der Waals surface area (Å²) in [7, 11) is 6.67.